The summed E-state index contributed by atoms with van der Waals surface area (Å²) in [6, 6.07) is 20.0. The van der Waals surface area contributed by atoms with E-state index >= 15 is 0 Å². The van der Waals surface area contributed by atoms with Crippen LogP contribution >= 0.6 is 0 Å². The predicted molar refractivity (Wildman–Crippen MR) is 134 cm³/mol. The molecule has 5 heteroatoms. The van der Waals surface area contributed by atoms with Crippen molar-refractivity contribution in [3.8, 4) is 5.75 Å². The van der Waals surface area contributed by atoms with Crippen LogP contribution in [0, 0.1) is 18.7 Å². The molecule has 174 valence electrons. The standard InChI is InChI=1S/C20H24N2O.C8H9FO/c1-3-15(2)21-20(23)18-9-6-12-22(14-18)19-11-10-16-7-4-5-8-17(16)13-19;1-6-4-3-5-7(10-2)8(6)9/h3-5,7-8,10-11,13,18H,6,9,12,14H2,1-2H3,(H,21,23);3-5H,1-2H3/b15-3+;/t18-;/m0./s1. The molecule has 0 aromatic heterocycles. The third kappa shape index (κ3) is 6.35. The number of fused-ring (bicyclic) bond motifs is 1. The van der Waals surface area contributed by atoms with Gasteiger partial charge in [0.2, 0.25) is 5.91 Å². The number of halogens is 1. The van der Waals surface area contributed by atoms with Crippen molar-refractivity contribution in [2.45, 2.75) is 33.6 Å². The highest BCUT2D eigenvalue weighted by Gasteiger charge is 2.26. The molecule has 1 aliphatic heterocycles. The Hall–Kier alpha value is -3.34. The minimum atomic E-state index is -0.273. The summed E-state index contributed by atoms with van der Waals surface area (Å²) in [4.78, 5) is 14.7. The van der Waals surface area contributed by atoms with Gasteiger partial charge < -0.3 is 15.0 Å². The summed E-state index contributed by atoms with van der Waals surface area (Å²) < 4.78 is 17.6. The number of allylic oxidation sites excluding steroid dienone is 2. The molecule has 1 amide bonds. The van der Waals surface area contributed by atoms with Gasteiger partial charge in [-0.2, -0.15) is 0 Å². The fourth-order valence-electron chi connectivity index (χ4n) is 3.95. The summed E-state index contributed by atoms with van der Waals surface area (Å²) in [6.45, 7) is 7.39. The maximum Gasteiger partial charge on any atom is 0.229 e. The van der Waals surface area contributed by atoms with Crippen LogP contribution in [0.15, 0.2) is 72.4 Å². The first kappa shape index (κ1) is 24.3. The molecule has 4 nitrogen and oxygen atoms in total. The zero-order valence-electron chi connectivity index (χ0n) is 19.9. The minimum absolute atomic E-state index is 0.0603. The Morgan fingerprint density at radius 1 is 1.12 bits per heavy atom. The minimum Gasteiger partial charge on any atom is -0.494 e. The first-order valence-electron chi connectivity index (χ1n) is 11.4. The van der Waals surface area contributed by atoms with Gasteiger partial charge in [-0.05, 0) is 68.1 Å². The molecule has 0 radical (unpaired) electrons. The van der Waals surface area contributed by atoms with Gasteiger partial charge in [0.25, 0.3) is 0 Å². The Balaban J connectivity index is 0.000000257. The van der Waals surface area contributed by atoms with Crippen LogP contribution in [-0.2, 0) is 4.79 Å². The van der Waals surface area contributed by atoms with Crippen LogP contribution in [0.4, 0.5) is 10.1 Å². The van der Waals surface area contributed by atoms with Crippen LogP contribution in [0.3, 0.4) is 0 Å². The lowest BCUT2D eigenvalue weighted by Crippen LogP contribution is -2.42. The molecule has 0 unspecified atom stereocenters. The van der Waals surface area contributed by atoms with E-state index in [4.69, 9.17) is 4.74 Å². The van der Waals surface area contributed by atoms with E-state index in [2.05, 4.69) is 52.7 Å². The molecule has 3 aromatic rings. The summed E-state index contributed by atoms with van der Waals surface area (Å²) in [5.41, 5.74) is 2.75. The monoisotopic (exact) mass is 448 g/mol. The lowest BCUT2D eigenvalue weighted by molar-refractivity contribution is -0.124. The van der Waals surface area contributed by atoms with E-state index in [1.165, 1.54) is 23.6 Å². The van der Waals surface area contributed by atoms with E-state index in [1.807, 2.05) is 19.9 Å². The molecule has 0 aliphatic carbocycles. The number of aryl methyl sites for hydroxylation is 1. The smallest absolute Gasteiger partial charge is 0.229 e. The molecule has 1 saturated heterocycles. The highest BCUT2D eigenvalue weighted by atomic mass is 19.1. The van der Waals surface area contributed by atoms with Crippen molar-refractivity contribution in [3.63, 3.8) is 0 Å². The number of hydrogen-bond donors (Lipinski definition) is 1. The quantitative estimate of drug-likeness (QED) is 0.514. The number of amides is 1. The topological polar surface area (TPSA) is 41.6 Å². The van der Waals surface area contributed by atoms with E-state index < -0.39 is 0 Å². The third-order valence-electron chi connectivity index (χ3n) is 6.02. The number of benzene rings is 3. The van der Waals surface area contributed by atoms with Crippen LogP contribution < -0.4 is 15.0 Å². The number of carbonyl (C=O) groups is 1. The number of ether oxygens (including phenoxy) is 1. The maximum atomic E-state index is 12.9. The van der Waals surface area contributed by atoms with Crippen molar-refractivity contribution < 1.29 is 13.9 Å². The normalized spacial score (nSPS) is 16.1. The summed E-state index contributed by atoms with van der Waals surface area (Å²) in [5.74, 6) is 0.237. The van der Waals surface area contributed by atoms with Crippen molar-refractivity contribution >= 4 is 22.4 Å². The second kappa shape index (κ2) is 11.5. The summed E-state index contributed by atoms with van der Waals surface area (Å²) in [6.07, 6.45) is 3.95. The Kier molecular flexibility index (Phi) is 8.47. The van der Waals surface area contributed by atoms with Crippen molar-refractivity contribution in [2.75, 3.05) is 25.1 Å². The van der Waals surface area contributed by atoms with Crippen LogP contribution in [-0.4, -0.2) is 26.1 Å². The molecule has 0 bridgehead atoms. The number of methoxy groups -OCH3 is 1. The molecule has 0 saturated carbocycles. The van der Waals surface area contributed by atoms with Gasteiger partial charge in [0, 0.05) is 24.5 Å². The molecule has 1 N–H and O–H groups in total. The second-order valence-corrected chi connectivity index (χ2v) is 8.37. The molecule has 0 spiro atoms. The molecule has 1 atom stereocenters. The average molecular weight is 449 g/mol. The Morgan fingerprint density at radius 3 is 2.58 bits per heavy atom. The van der Waals surface area contributed by atoms with Crippen molar-refractivity contribution in [1.82, 2.24) is 5.32 Å². The SMILES string of the molecule is C/C=C(\C)NC(=O)[C@H]1CCCN(c2ccc3ccccc3c2)C1.COc1cccc(C)c1F. The highest BCUT2D eigenvalue weighted by molar-refractivity contribution is 5.86. The number of piperidine rings is 1. The van der Waals surface area contributed by atoms with Gasteiger partial charge in [-0.3, -0.25) is 4.79 Å². The van der Waals surface area contributed by atoms with Crippen molar-refractivity contribution in [1.29, 1.82) is 0 Å². The number of anilines is 1. The van der Waals surface area contributed by atoms with Crippen molar-refractivity contribution in [3.05, 3.63) is 83.8 Å². The van der Waals surface area contributed by atoms with Gasteiger partial charge in [-0.1, -0.05) is 48.5 Å². The number of carbonyl (C=O) groups excluding carboxylic acids is 1. The number of rotatable bonds is 4. The zero-order valence-corrected chi connectivity index (χ0v) is 19.9. The van der Waals surface area contributed by atoms with Gasteiger partial charge >= 0.3 is 0 Å². The number of nitrogens with one attached hydrogen (secondary N) is 1. The van der Waals surface area contributed by atoms with Gasteiger partial charge in [0.1, 0.15) is 0 Å². The average Bonchev–Trinajstić information content (AvgIpc) is 2.85. The van der Waals surface area contributed by atoms with Crippen LogP contribution in [0.1, 0.15) is 32.3 Å². The van der Waals surface area contributed by atoms with E-state index in [0.29, 0.717) is 11.3 Å². The molecular weight excluding hydrogens is 415 g/mol. The van der Waals surface area contributed by atoms with E-state index in [0.717, 1.165) is 31.6 Å². The van der Waals surface area contributed by atoms with Crippen LogP contribution in [0.2, 0.25) is 0 Å². The molecule has 1 heterocycles. The van der Waals surface area contributed by atoms with Gasteiger partial charge in [-0.15, -0.1) is 0 Å². The zero-order chi connectivity index (χ0) is 23.8. The van der Waals surface area contributed by atoms with Gasteiger partial charge in [0.15, 0.2) is 11.6 Å². The Bertz CT molecular complexity index is 1130. The molecular formula is C28H33FN2O2. The van der Waals surface area contributed by atoms with Gasteiger partial charge in [0.05, 0.1) is 13.0 Å². The van der Waals surface area contributed by atoms with E-state index in [9.17, 15) is 9.18 Å². The highest BCUT2D eigenvalue weighted by Crippen LogP contribution is 2.27. The fourth-order valence-corrected chi connectivity index (χ4v) is 3.95. The van der Waals surface area contributed by atoms with Crippen LogP contribution in [0.25, 0.3) is 10.8 Å². The molecule has 3 aromatic carbocycles. The summed E-state index contributed by atoms with van der Waals surface area (Å²) in [7, 11) is 1.46. The number of hydrogen-bond acceptors (Lipinski definition) is 3. The Labute approximate surface area is 196 Å². The van der Waals surface area contributed by atoms with E-state index in [-0.39, 0.29) is 17.6 Å². The number of nitrogens with zero attached hydrogens (tertiary/aromatic N) is 1. The van der Waals surface area contributed by atoms with E-state index in [1.54, 1.807) is 25.1 Å². The lowest BCUT2D eigenvalue weighted by atomic mass is 9.96. The first-order valence-corrected chi connectivity index (χ1v) is 11.4. The first-order chi connectivity index (χ1) is 15.9. The fraction of sp³-hybridized carbons (Fsp3) is 0.321. The largest absolute Gasteiger partial charge is 0.494 e. The van der Waals surface area contributed by atoms with Gasteiger partial charge in [-0.25, -0.2) is 4.39 Å². The molecule has 4 rings (SSSR count). The van der Waals surface area contributed by atoms with Crippen LogP contribution in [0.5, 0.6) is 5.75 Å². The summed E-state index contributed by atoms with van der Waals surface area (Å²) in [5, 5.41) is 5.50. The molecule has 33 heavy (non-hydrogen) atoms. The maximum absolute atomic E-state index is 12.9. The van der Waals surface area contributed by atoms with Crippen molar-refractivity contribution in [2.24, 2.45) is 5.92 Å². The predicted octanol–water partition coefficient (Wildman–Crippen LogP) is 6.24. The molecule has 1 aliphatic rings. The molecule has 1 fully saturated rings. The lowest BCUT2D eigenvalue weighted by Gasteiger charge is -2.34. The Morgan fingerprint density at radius 2 is 1.88 bits per heavy atom. The third-order valence-corrected chi connectivity index (χ3v) is 6.02. The second-order valence-electron chi connectivity index (χ2n) is 8.37. The summed E-state index contributed by atoms with van der Waals surface area (Å²) >= 11 is 0.